The lowest BCUT2D eigenvalue weighted by molar-refractivity contribution is -0.115. The van der Waals surface area contributed by atoms with E-state index in [1.165, 1.54) is 0 Å². The van der Waals surface area contributed by atoms with E-state index in [-0.39, 0.29) is 17.8 Å². The zero-order valence-electron chi connectivity index (χ0n) is 26.8. The molecule has 1 aromatic heterocycles. The summed E-state index contributed by atoms with van der Waals surface area (Å²) in [5.41, 5.74) is 3.42. The number of hydrogen-bond donors (Lipinski definition) is 2. The summed E-state index contributed by atoms with van der Waals surface area (Å²) in [6.07, 6.45) is 0.866. The summed E-state index contributed by atoms with van der Waals surface area (Å²) in [5.74, 6) is 2.86. The number of H-pyrrole nitrogens is 1. The number of fused-ring (bicyclic) bond motifs is 2. The molecule has 46 heavy (non-hydrogen) atoms. The third-order valence-corrected chi connectivity index (χ3v) is 7.79. The molecule has 0 saturated heterocycles. The van der Waals surface area contributed by atoms with Crippen LogP contribution in [0.4, 0.5) is 5.69 Å². The Morgan fingerprint density at radius 1 is 0.783 bits per heavy atom. The lowest BCUT2D eigenvalue weighted by Gasteiger charge is -2.18. The number of hydrogen-bond acceptors (Lipinski definition) is 8. The molecule has 0 spiro atoms. The maximum Gasteiger partial charge on any atom is 0.228 e. The topological polar surface area (TPSA) is 111 Å². The summed E-state index contributed by atoms with van der Waals surface area (Å²) in [6.45, 7) is 2.12. The zero-order chi connectivity index (χ0) is 32.6. The van der Waals surface area contributed by atoms with Crippen molar-refractivity contribution in [2.45, 2.75) is 19.4 Å². The second-order valence-electron chi connectivity index (χ2n) is 10.9. The van der Waals surface area contributed by atoms with Crippen molar-refractivity contribution in [1.29, 1.82) is 0 Å². The van der Waals surface area contributed by atoms with Gasteiger partial charge >= 0.3 is 0 Å². The molecule has 0 radical (unpaired) electrons. The molecule has 5 rings (SSSR count). The maximum atomic E-state index is 13.2. The van der Waals surface area contributed by atoms with E-state index in [1.807, 2.05) is 24.3 Å². The van der Waals surface area contributed by atoms with Crippen molar-refractivity contribution in [2.24, 2.45) is 0 Å². The van der Waals surface area contributed by atoms with Crippen LogP contribution in [0.25, 0.3) is 21.8 Å². The highest BCUT2D eigenvalue weighted by Gasteiger charge is 2.15. The predicted molar refractivity (Wildman–Crippen MR) is 180 cm³/mol. The highest BCUT2D eigenvalue weighted by molar-refractivity contribution is 5.99. The number of aromatic nitrogens is 1. The molecule has 4 aromatic carbocycles. The van der Waals surface area contributed by atoms with Crippen LogP contribution in [0.3, 0.4) is 0 Å². The fraction of sp³-hybridized carbons (Fsp3) is 0.278. The monoisotopic (exact) mass is 625 g/mol. The van der Waals surface area contributed by atoms with Crippen molar-refractivity contribution < 1.29 is 28.5 Å². The van der Waals surface area contributed by atoms with E-state index in [0.717, 1.165) is 25.1 Å². The molecule has 1 amide bonds. The molecule has 5 aromatic rings. The Hall–Kier alpha value is -5.22. The molecule has 0 atom stereocenters. The van der Waals surface area contributed by atoms with Crippen molar-refractivity contribution in [1.82, 2.24) is 9.88 Å². The summed E-state index contributed by atoms with van der Waals surface area (Å²) in [5, 5.41) is 3.98. The number of carbonyl (C=O) groups excluding carboxylic acids is 1. The van der Waals surface area contributed by atoms with E-state index < -0.39 is 0 Å². The number of para-hydroxylation sites is 2. The highest BCUT2D eigenvalue weighted by atomic mass is 16.5. The zero-order valence-corrected chi connectivity index (χ0v) is 26.8. The number of nitrogens with zero attached hydrogens (tertiary/aromatic N) is 1. The van der Waals surface area contributed by atoms with Crippen molar-refractivity contribution in [3.05, 3.63) is 94.1 Å². The van der Waals surface area contributed by atoms with Gasteiger partial charge in [0.2, 0.25) is 5.91 Å². The number of pyridine rings is 1. The average Bonchev–Trinajstić information content (AvgIpc) is 3.07. The fourth-order valence-corrected chi connectivity index (χ4v) is 5.50. The van der Waals surface area contributed by atoms with Crippen LogP contribution in [0.1, 0.15) is 17.5 Å². The summed E-state index contributed by atoms with van der Waals surface area (Å²) < 4.78 is 27.7. The molecule has 0 aliphatic rings. The molecule has 10 heteroatoms. The number of nitrogens with one attached hydrogen (secondary N) is 2. The van der Waals surface area contributed by atoms with Crippen molar-refractivity contribution >= 4 is 33.4 Å². The molecule has 0 unspecified atom stereocenters. The minimum atomic E-state index is -0.252. The SMILES string of the molecule is COc1cc(OCCCN(C)Cc2ccc(OC)c(OC)c2)ccc1NC(=O)Cc1cccc2c(=O)c3cccc(OC)c3[nH]c12. The molecule has 10 nitrogen and oxygen atoms in total. The van der Waals surface area contributed by atoms with Gasteiger partial charge in [-0.15, -0.1) is 0 Å². The Morgan fingerprint density at radius 3 is 2.24 bits per heavy atom. The Bertz CT molecular complexity index is 1900. The molecule has 2 N–H and O–H groups in total. The van der Waals surface area contributed by atoms with Gasteiger partial charge in [0.1, 0.15) is 17.2 Å². The van der Waals surface area contributed by atoms with Crippen molar-refractivity contribution in [2.75, 3.05) is 54.0 Å². The van der Waals surface area contributed by atoms with Crippen molar-refractivity contribution in [3.63, 3.8) is 0 Å². The van der Waals surface area contributed by atoms with Crippen LogP contribution < -0.4 is 34.4 Å². The fourth-order valence-electron chi connectivity index (χ4n) is 5.50. The Balaban J connectivity index is 1.19. The summed E-state index contributed by atoms with van der Waals surface area (Å²) in [6, 6.07) is 22.0. The van der Waals surface area contributed by atoms with E-state index in [2.05, 4.69) is 22.2 Å². The van der Waals surface area contributed by atoms with Gasteiger partial charge in [-0.3, -0.25) is 9.59 Å². The molecule has 0 aliphatic heterocycles. The van der Waals surface area contributed by atoms with Gasteiger partial charge in [0.15, 0.2) is 16.9 Å². The molecule has 0 aliphatic carbocycles. The van der Waals surface area contributed by atoms with Crippen LogP contribution >= 0.6 is 0 Å². The van der Waals surface area contributed by atoms with Crippen LogP contribution in [0.15, 0.2) is 77.6 Å². The van der Waals surface area contributed by atoms with E-state index in [4.69, 9.17) is 23.7 Å². The van der Waals surface area contributed by atoms with Crippen LogP contribution in [0.2, 0.25) is 0 Å². The quantitative estimate of drug-likeness (QED) is 0.118. The molecule has 0 bridgehead atoms. The summed E-state index contributed by atoms with van der Waals surface area (Å²) in [4.78, 5) is 32.0. The van der Waals surface area contributed by atoms with Crippen LogP contribution in [-0.4, -0.2) is 64.4 Å². The first-order chi connectivity index (χ1) is 22.3. The van der Waals surface area contributed by atoms with E-state index >= 15 is 0 Å². The lowest BCUT2D eigenvalue weighted by atomic mass is 10.0. The van der Waals surface area contributed by atoms with Gasteiger partial charge in [0, 0.05) is 29.9 Å². The highest BCUT2D eigenvalue weighted by Crippen LogP contribution is 2.31. The van der Waals surface area contributed by atoms with Gasteiger partial charge in [0.05, 0.1) is 58.2 Å². The molecule has 240 valence electrons. The lowest BCUT2D eigenvalue weighted by Crippen LogP contribution is -2.20. The predicted octanol–water partition coefficient (Wildman–Crippen LogP) is 5.80. The normalized spacial score (nSPS) is 11.1. The third-order valence-electron chi connectivity index (χ3n) is 7.79. The van der Waals surface area contributed by atoms with Gasteiger partial charge < -0.3 is 38.9 Å². The third kappa shape index (κ3) is 7.18. The maximum absolute atomic E-state index is 13.2. The first kappa shape index (κ1) is 32.2. The van der Waals surface area contributed by atoms with Gasteiger partial charge in [-0.2, -0.15) is 0 Å². The molecule has 0 saturated carbocycles. The minimum absolute atomic E-state index is 0.0478. The number of benzene rings is 4. The largest absolute Gasteiger partial charge is 0.495 e. The number of anilines is 1. The smallest absolute Gasteiger partial charge is 0.228 e. The van der Waals surface area contributed by atoms with Crippen molar-refractivity contribution in [3.8, 4) is 28.7 Å². The Labute approximate surface area is 267 Å². The summed E-state index contributed by atoms with van der Waals surface area (Å²) >= 11 is 0. The number of ether oxygens (including phenoxy) is 5. The van der Waals surface area contributed by atoms with E-state index in [0.29, 0.717) is 68.4 Å². The van der Waals surface area contributed by atoms with Gasteiger partial charge in [0.25, 0.3) is 0 Å². The van der Waals surface area contributed by atoms with Gasteiger partial charge in [-0.25, -0.2) is 0 Å². The standard InChI is InChI=1S/C36H39N3O7/c1-39(22-23-13-16-29(42-2)32(19-23)45-5)17-8-18-46-25-14-15-28(31(21-25)44-4)37-33(40)20-24-9-6-10-26-34(24)38-35-27(36(26)41)11-7-12-30(35)43-3/h6-7,9-16,19,21H,8,17-18,20,22H2,1-5H3,(H,37,40)(H,38,41). The summed E-state index contributed by atoms with van der Waals surface area (Å²) in [7, 11) is 8.43. The van der Waals surface area contributed by atoms with Crippen LogP contribution in [0, 0.1) is 0 Å². The number of carbonyl (C=O) groups is 1. The molecular weight excluding hydrogens is 586 g/mol. The molecular formula is C36H39N3O7. The first-order valence-corrected chi connectivity index (χ1v) is 15.0. The Morgan fingerprint density at radius 2 is 1.50 bits per heavy atom. The first-order valence-electron chi connectivity index (χ1n) is 15.0. The molecule has 0 fully saturated rings. The van der Waals surface area contributed by atoms with Gasteiger partial charge in [-0.05, 0) is 67.1 Å². The van der Waals surface area contributed by atoms with Gasteiger partial charge in [-0.1, -0.05) is 24.3 Å². The number of rotatable bonds is 14. The minimum Gasteiger partial charge on any atom is -0.495 e. The number of aromatic amines is 1. The van der Waals surface area contributed by atoms with E-state index in [9.17, 15) is 9.59 Å². The van der Waals surface area contributed by atoms with Crippen LogP contribution in [-0.2, 0) is 17.8 Å². The molecule has 1 heterocycles. The average molecular weight is 626 g/mol. The van der Waals surface area contributed by atoms with E-state index in [1.54, 1.807) is 77.0 Å². The second kappa shape index (κ2) is 14.7. The van der Waals surface area contributed by atoms with Crippen LogP contribution in [0.5, 0.6) is 28.7 Å². The number of amides is 1. The Kier molecular flexibility index (Phi) is 10.3. The number of methoxy groups -OCH3 is 4. The second-order valence-corrected chi connectivity index (χ2v) is 10.9.